The third-order valence-corrected chi connectivity index (χ3v) is 6.95. The Bertz CT molecular complexity index is 620. The van der Waals surface area contributed by atoms with Crippen LogP contribution in [0, 0.1) is 5.41 Å². The molecular weight excluding hydrogens is 334 g/mol. The molecule has 0 radical (unpaired) electrons. The molecule has 2 saturated heterocycles. The second-order valence-electron chi connectivity index (χ2n) is 9.07. The molecule has 3 fully saturated rings. The minimum Gasteiger partial charge on any atom is -0.353 e. The van der Waals surface area contributed by atoms with Crippen molar-refractivity contribution in [3.63, 3.8) is 0 Å². The summed E-state index contributed by atoms with van der Waals surface area (Å²) in [7, 11) is 0. The molecule has 1 aliphatic carbocycles. The van der Waals surface area contributed by atoms with Gasteiger partial charge in [0.25, 0.3) is 0 Å². The molecular formula is C23H35N3O. The van der Waals surface area contributed by atoms with Crippen LogP contribution in [0.2, 0.25) is 0 Å². The van der Waals surface area contributed by atoms with E-state index in [9.17, 15) is 4.79 Å². The largest absolute Gasteiger partial charge is 0.353 e. The molecule has 1 atom stereocenters. The molecule has 4 heteroatoms. The first-order valence-electron chi connectivity index (χ1n) is 10.9. The van der Waals surface area contributed by atoms with Crippen molar-refractivity contribution >= 4 is 5.91 Å². The smallest absolute Gasteiger partial charge is 0.221 e. The molecule has 0 aromatic heterocycles. The molecule has 1 spiro atoms. The minimum atomic E-state index is 0.247. The topological polar surface area (TPSA) is 35.6 Å². The average Bonchev–Trinajstić information content (AvgIpc) is 3.52. The van der Waals surface area contributed by atoms with Gasteiger partial charge in [-0.15, -0.1) is 0 Å². The molecule has 3 aliphatic rings. The molecule has 1 saturated carbocycles. The Hall–Kier alpha value is -1.39. The maximum atomic E-state index is 12.0. The molecule has 1 unspecified atom stereocenters. The zero-order valence-electron chi connectivity index (χ0n) is 16.8. The second-order valence-corrected chi connectivity index (χ2v) is 9.07. The van der Waals surface area contributed by atoms with Gasteiger partial charge in [-0.05, 0) is 68.6 Å². The van der Waals surface area contributed by atoms with Gasteiger partial charge in [-0.2, -0.15) is 0 Å². The highest BCUT2D eigenvalue weighted by atomic mass is 16.1. The van der Waals surface area contributed by atoms with Gasteiger partial charge in [0.2, 0.25) is 5.91 Å². The first-order valence-corrected chi connectivity index (χ1v) is 10.9. The van der Waals surface area contributed by atoms with Crippen LogP contribution < -0.4 is 5.32 Å². The van der Waals surface area contributed by atoms with Gasteiger partial charge in [-0.25, -0.2) is 0 Å². The minimum absolute atomic E-state index is 0.247. The molecule has 27 heavy (non-hydrogen) atoms. The number of hydrogen-bond acceptors (Lipinski definition) is 3. The van der Waals surface area contributed by atoms with Crippen molar-refractivity contribution < 1.29 is 4.79 Å². The van der Waals surface area contributed by atoms with Gasteiger partial charge in [0.05, 0.1) is 0 Å². The highest BCUT2D eigenvalue weighted by molar-refractivity contribution is 5.76. The summed E-state index contributed by atoms with van der Waals surface area (Å²) in [6.07, 6.45) is 6.89. The number of carbonyl (C=O) groups excluding carboxylic acids is 1. The van der Waals surface area contributed by atoms with Crippen molar-refractivity contribution in [3.05, 3.63) is 35.9 Å². The van der Waals surface area contributed by atoms with Gasteiger partial charge >= 0.3 is 0 Å². The number of hydrogen-bond donors (Lipinski definition) is 1. The molecule has 1 aromatic rings. The zero-order valence-corrected chi connectivity index (χ0v) is 16.8. The lowest BCUT2D eigenvalue weighted by molar-refractivity contribution is -0.121. The SMILES string of the molecule is CCN1CC(c2ccccc2)CC2(CCN(CCC(=O)NC3CC3)CC2)C1. The van der Waals surface area contributed by atoms with Gasteiger partial charge in [0.1, 0.15) is 0 Å². The quantitative estimate of drug-likeness (QED) is 0.836. The number of nitrogens with one attached hydrogen (secondary N) is 1. The molecule has 1 amide bonds. The Morgan fingerprint density at radius 2 is 1.89 bits per heavy atom. The normalized spacial score (nSPS) is 26.2. The second kappa shape index (κ2) is 8.32. The van der Waals surface area contributed by atoms with Crippen molar-refractivity contribution in [2.75, 3.05) is 39.3 Å². The number of amides is 1. The van der Waals surface area contributed by atoms with Gasteiger partial charge in [0, 0.05) is 32.1 Å². The summed E-state index contributed by atoms with van der Waals surface area (Å²) in [5, 5.41) is 3.12. The number of rotatable bonds is 6. The zero-order chi connectivity index (χ0) is 18.7. The molecule has 1 N–H and O–H groups in total. The summed E-state index contributed by atoms with van der Waals surface area (Å²) in [5.74, 6) is 0.910. The molecule has 2 aliphatic heterocycles. The van der Waals surface area contributed by atoms with E-state index < -0.39 is 0 Å². The van der Waals surface area contributed by atoms with Crippen molar-refractivity contribution in [2.45, 2.75) is 57.4 Å². The maximum Gasteiger partial charge on any atom is 0.221 e. The summed E-state index contributed by atoms with van der Waals surface area (Å²) in [6, 6.07) is 11.6. The fourth-order valence-electron chi connectivity index (χ4n) is 5.09. The number of likely N-dealkylation sites (tertiary alicyclic amines) is 2. The Balaban J connectivity index is 1.32. The van der Waals surface area contributed by atoms with E-state index >= 15 is 0 Å². The fourth-order valence-corrected chi connectivity index (χ4v) is 5.09. The Morgan fingerprint density at radius 1 is 1.15 bits per heavy atom. The Labute approximate surface area is 164 Å². The van der Waals surface area contributed by atoms with Crippen LogP contribution in [0.3, 0.4) is 0 Å². The molecule has 2 heterocycles. The molecule has 1 aromatic carbocycles. The van der Waals surface area contributed by atoms with Crippen LogP contribution in [-0.4, -0.2) is 61.0 Å². The van der Waals surface area contributed by atoms with E-state index in [1.807, 2.05) is 0 Å². The van der Waals surface area contributed by atoms with Crippen molar-refractivity contribution in [3.8, 4) is 0 Å². The van der Waals surface area contributed by atoms with E-state index in [0.717, 1.165) is 26.2 Å². The summed E-state index contributed by atoms with van der Waals surface area (Å²) < 4.78 is 0. The van der Waals surface area contributed by atoms with Gasteiger partial charge in [-0.3, -0.25) is 4.79 Å². The Morgan fingerprint density at radius 3 is 2.56 bits per heavy atom. The van der Waals surface area contributed by atoms with E-state index in [-0.39, 0.29) is 5.91 Å². The lowest BCUT2D eigenvalue weighted by Crippen LogP contribution is -2.51. The predicted molar refractivity (Wildman–Crippen MR) is 110 cm³/mol. The van der Waals surface area contributed by atoms with Crippen LogP contribution in [0.5, 0.6) is 0 Å². The molecule has 4 nitrogen and oxygen atoms in total. The fraction of sp³-hybridized carbons (Fsp3) is 0.696. The lowest BCUT2D eigenvalue weighted by atomic mass is 9.68. The van der Waals surface area contributed by atoms with Gasteiger partial charge < -0.3 is 15.1 Å². The molecule has 148 valence electrons. The predicted octanol–water partition coefficient (Wildman–Crippen LogP) is 3.25. The highest BCUT2D eigenvalue weighted by Gasteiger charge is 2.41. The van der Waals surface area contributed by atoms with Gasteiger partial charge in [0.15, 0.2) is 0 Å². The van der Waals surface area contributed by atoms with Gasteiger partial charge in [-0.1, -0.05) is 37.3 Å². The average molecular weight is 370 g/mol. The van der Waals surface area contributed by atoms with Crippen molar-refractivity contribution in [1.82, 2.24) is 15.1 Å². The number of piperidine rings is 2. The number of carbonyl (C=O) groups is 1. The third kappa shape index (κ3) is 4.91. The van der Waals surface area contributed by atoms with Crippen LogP contribution in [0.4, 0.5) is 0 Å². The van der Waals surface area contributed by atoms with E-state index in [0.29, 0.717) is 23.8 Å². The summed E-state index contributed by atoms with van der Waals surface area (Å²) in [6.45, 7) is 9.13. The van der Waals surface area contributed by atoms with Crippen LogP contribution >= 0.6 is 0 Å². The monoisotopic (exact) mass is 369 g/mol. The van der Waals surface area contributed by atoms with E-state index in [1.165, 1.54) is 50.8 Å². The number of benzene rings is 1. The van der Waals surface area contributed by atoms with Crippen molar-refractivity contribution in [1.29, 1.82) is 0 Å². The lowest BCUT2D eigenvalue weighted by Gasteiger charge is -2.50. The number of nitrogens with zero attached hydrogens (tertiary/aromatic N) is 2. The third-order valence-electron chi connectivity index (χ3n) is 6.95. The molecule has 4 rings (SSSR count). The van der Waals surface area contributed by atoms with Crippen LogP contribution in [0.25, 0.3) is 0 Å². The highest BCUT2D eigenvalue weighted by Crippen LogP contribution is 2.45. The summed E-state index contributed by atoms with van der Waals surface area (Å²) in [5.41, 5.74) is 1.97. The van der Waals surface area contributed by atoms with E-state index in [2.05, 4.69) is 52.4 Å². The summed E-state index contributed by atoms with van der Waals surface area (Å²) >= 11 is 0. The van der Waals surface area contributed by atoms with E-state index in [4.69, 9.17) is 0 Å². The molecule has 0 bridgehead atoms. The first kappa shape index (κ1) is 18.9. The Kier molecular flexibility index (Phi) is 5.84. The first-order chi connectivity index (χ1) is 13.2. The van der Waals surface area contributed by atoms with Crippen molar-refractivity contribution in [2.24, 2.45) is 5.41 Å². The van der Waals surface area contributed by atoms with Crippen LogP contribution in [-0.2, 0) is 4.79 Å². The van der Waals surface area contributed by atoms with E-state index in [1.54, 1.807) is 0 Å². The standard InChI is InChI=1S/C23H35N3O/c1-2-25-17-20(19-6-4-3-5-7-19)16-23(18-25)11-14-26(15-12-23)13-10-22(27)24-21-8-9-21/h3-7,20-21H,2,8-18H2,1H3,(H,24,27). The van der Waals surface area contributed by atoms with Crippen LogP contribution in [0.1, 0.15) is 56.9 Å². The maximum absolute atomic E-state index is 12.0. The number of likely N-dealkylation sites (N-methyl/N-ethyl adjacent to an activating group) is 1. The van der Waals surface area contributed by atoms with Crippen LogP contribution in [0.15, 0.2) is 30.3 Å². The summed E-state index contributed by atoms with van der Waals surface area (Å²) in [4.78, 5) is 17.1.